The lowest BCUT2D eigenvalue weighted by Gasteiger charge is -2.39. The zero-order valence-corrected chi connectivity index (χ0v) is 30.4. The van der Waals surface area contributed by atoms with Gasteiger partial charge in [-0.1, -0.05) is 79.7 Å². The van der Waals surface area contributed by atoms with Gasteiger partial charge in [0.15, 0.2) is 5.82 Å². The number of hydrogen-bond donors (Lipinski definition) is 0. The maximum absolute atomic E-state index is 4.97. The molecule has 5 heteroatoms. The number of anilines is 4. The summed E-state index contributed by atoms with van der Waals surface area (Å²) in [6, 6.07) is 26.8. The largest absolute Gasteiger partial charge is 0.297 e. The van der Waals surface area contributed by atoms with Crippen molar-refractivity contribution in [3.05, 3.63) is 131 Å². The van der Waals surface area contributed by atoms with Crippen LogP contribution in [0.1, 0.15) is 77.6 Å². The molecule has 252 valence electrons. The maximum Gasteiger partial charge on any atom is 0.152 e. The van der Waals surface area contributed by atoms with Gasteiger partial charge in [-0.2, -0.15) is 0 Å². The number of aromatic nitrogens is 2. The molecule has 0 bridgehead atoms. The molecule has 3 heterocycles. The molecule has 4 aromatic rings. The van der Waals surface area contributed by atoms with E-state index in [1.165, 1.54) is 22.3 Å². The van der Waals surface area contributed by atoms with E-state index in [-0.39, 0.29) is 0 Å². The first-order valence-corrected chi connectivity index (χ1v) is 17.9. The molecule has 2 aromatic heterocycles. The lowest BCUT2D eigenvalue weighted by Crippen LogP contribution is -2.41. The monoisotopic (exact) mass is 641 g/mol. The van der Waals surface area contributed by atoms with Crippen molar-refractivity contribution in [2.24, 2.45) is 23.7 Å². The Balaban J connectivity index is 1.59. The Bertz CT molecular complexity index is 1590. The Morgan fingerprint density at radius 1 is 0.583 bits per heavy atom. The van der Waals surface area contributed by atoms with Crippen LogP contribution >= 0.6 is 0 Å². The van der Waals surface area contributed by atoms with Gasteiger partial charge < -0.3 is 0 Å². The first-order valence-electron chi connectivity index (χ1n) is 17.9. The van der Waals surface area contributed by atoms with Crippen LogP contribution in [0.5, 0.6) is 0 Å². The van der Waals surface area contributed by atoms with Crippen molar-refractivity contribution in [3.8, 4) is 0 Å². The van der Waals surface area contributed by atoms with Crippen molar-refractivity contribution in [3.63, 3.8) is 0 Å². The minimum atomic E-state index is 0.562. The third kappa shape index (κ3) is 9.37. The highest BCUT2D eigenvalue weighted by Crippen LogP contribution is 2.35. The molecule has 0 saturated carbocycles. The summed E-state index contributed by atoms with van der Waals surface area (Å²) in [4.78, 5) is 12.3. The SMILES string of the molecule is CC(C)Cc1cccc(N(C2=CC=CN(N(c3cccc(CC(C)C)c3)c3cc(CC(C)C)ccn3)C2)c2cc(CC(C)C)ccn2)c1. The van der Waals surface area contributed by atoms with Crippen LogP contribution in [0.15, 0.2) is 109 Å². The smallest absolute Gasteiger partial charge is 0.152 e. The van der Waals surface area contributed by atoms with Gasteiger partial charge in [0.1, 0.15) is 5.82 Å². The first kappa shape index (κ1) is 34.9. The Kier molecular flexibility index (Phi) is 11.8. The van der Waals surface area contributed by atoms with Gasteiger partial charge in [-0.25, -0.2) is 15.0 Å². The Morgan fingerprint density at radius 2 is 1.06 bits per heavy atom. The van der Waals surface area contributed by atoms with Gasteiger partial charge in [-0.05, 0) is 132 Å². The van der Waals surface area contributed by atoms with E-state index in [1.807, 2.05) is 12.4 Å². The Hall–Kier alpha value is -4.38. The van der Waals surface area contributed by atoms with Crippen molar-refractivity contribution in [2.45, 2.75) is 81.1 Å². The van der Waals surface area contributed by atoms with Crippen molar-refractivity contribution in [2.75, 3.05) is 16.5 Å². The van der Waals surface area contributed by atoms with E-state index in [9.17, 15) is 0 Å². The molecule has 1 aliphatic heterocycles. The average molecular weight is 642 g/mol. The summed E-state index contributed by atoms with van der Waals surface area (Å²) in [5.74, 6) is 4.14. The Morgan fingerprint density at radius 3 is 1.62 bits per heavy atom. The Labute approximate surface area is 290 Å². The van der Waals surface area contributed by atoms with Crippen LogP contribution in [0, 0.1) is 23.7 Å². The van der Waals surface area contributed by atoms with Gasteiger partial charge in [-0.15, -0.1) is 0 Å². The van der Waals surface area contributed by atoms with Crippen molar-refractivity contribution < 1.29 is 0 Å². The second-order valence-electron chi connectivity index (χ2n) is 15.0. The van der Waals surface area contributed by atoms with Gasteiger partial charge in [0.25, 0.3) is 0 Å². The highest BCUT2D eigenvalue weighted by Gasteiger charge is 2.25. The molecular formula is C43H55N5. The van der Waals surface area contributed by atoms with E-state index in [4.69, 9.17) is 9.97 Å². The van der Waals surface area contributed by atoms with E-state index < -0.39 is 0 Å². The van der Waals surface area contributed by atoms with E-state index in [2.05, 4.69) is 161 Å². The molecule has 0 spiro atoms. The molecule has 1 aliphatic rings. The van der Waals surface area contributed by atoms with Gasteiger partial charge in [-0.3, -0.25) is 9.91 Å². The highest BCUT2D eigenvalue weighted by molar-refractivity contribution is 5.68. The zero-order valence-electron chi connectivity index (χ0n) is 30.4. The van der Waals surface area contributed by atoms with Gasteiger partial charge in [0, 0.05) is 30.0 Å². The van der Waals surface area contributed by atoms with Crippen molar-refractivity contribution in [1.29, 1.82) is 0 Å². The summed E-state index contributed by atoms with van der Waals surface area (Å²) >= 11 is 0. The first-order chi connectivity index (χ1) is 23.0. The molecule has 0 fully saturated rings. The van der Waals surface area contributed by atoms with E-state index >= 15 is 0 Å². The summed E-state index contributed by atoms with van der Waals surface area (Å²) in [5, 5.41) is 4.58. The minimum Gasteiger partial charge on any atom is -0.297 e. The molecule has 5 nitrogen and oxygen atoms in total. The summed E-state index contributed by atoms with van der Waals surface area (Å²) in [5.41, 5.74) is 8.65. The van der Waals surface area contributed by atoms with Gasteiger partial charge >= 0.3 is 0 Å². The van der Waals surface area contributed by atoms with E-state index in [1.54, 1.807) is 0 Å². The van der Waals surface area contributed by atoms with Crippen LogP contribution < -0.4 is 9.91 Å². The molecule has 0 unspecified atom stereocenters. The van der Waals surface area contributed by atoms with Crippen LogP contribution in [0.2, 0.25) is 0 Å². The third-order valence-electron chi connectivity index (χ3n) is 8.38. The second-order valence-corrected chi connectivity index (χ2v) is 15.0. The average Bonchev–Trinajstić information content (AvgIpc) is 3.01. The molecule has 0 aliphatic carbocycles. The van der Waals surface area contributed by atoms with Crippen LogP contribution in [0.3, 0.4) is 0 Å². The maximum atomic E-state index is 4.97. The number of nitrogens with zero attached hydrogens (tertiary/aromatic N) is 5. The van der Waals surface area contributed by atoms with Crippen molar-refractivity contribution >= 4 is 23.0 Å². The highest BCUT2D eigenvalue weighted by atomic mass is 15.6. The second kappa shape index (κ2) is 16.1. The number of allylic oxidation sites excluding steroid dienone is 2. The van der Waals surface area contributed by atoms with Crippen LogP contribution in [-0.2, 0) is 25.7 Å². The summed E-state index contributed by atoms with van der Waals surface area (Å²) in [6.07, 6.45) is 14.6. The summed E-state index contributed by atoms with van der Waals surface area (Å²) < 4.78 is 0. The molecule has 0 amide bonds. The number of hydrazine groups is 1. The lowest BCUT2D eigenvalue weighted by atomic mass is 10.0. The van der Waals surface area contributed by atoms with Crippen molar-refractivity contribution in [1.82, 2.24) is 15.0 Å². The standard InChI is InChI=1S/C43H55N5/c1-31(2)22-35-12-9-14-39(26-35)47(42-28-37(17-19-44-42)24-33(5)6)41-16-11-21-46(30-41)48(40-15-10-13-36(27-40)23-32(3)4)43-29-38(18-20-45-43)25-34(7)8/h9-21,26-29,31-34H,22-25,30H2,1-8H3. The van der Waals surface area contributed by atoms with Crippen LogP contribution in [0.25, 0.3) is 0 Å². The van der Waals surface area contributed by atoms with Gasteiger partial charge in [0.05, 0.1) is 12.2 Å². The predicted molar refractivity (Wildman–Crippen MR) is 204 cm³/mol. The molecule has 0 N–H and O–H groups in total. The van der Waals surface area contributed by atoms with E-state index in [0.717, 1.165) is 54.4 Å². The van der Waals surface area contributed by atoms with Gasteiger partial charge in [0.2, 0.25) is 0 Å². The van der Waals surface area contributed by atoms with Crippen LogP contribution in [0.4, 0.5) is 23.0 Å². The summed E-state index contributed by atoms with van der Waals surface area (Å²) in [7, 11) is 0. The molecule has 0 radical (unpaired) electrons. The topological polar surface area (TPSA) is 35.5 Å². The lowest BCUT2D eigenvalue weighted by molar-refractivity contribution is 0.404. The summed E-state index contributed by atoms with van der Waals surface area (Å²) in [6.45, 7) is 18.8. The van der Waals surface area contributed by atoms with Crippen LogP contribution in [-0.4, -0.2) is 21.5 Å². The molecule has 0 atom stereocenters. The molecule has 2 aromatic carbocycles. The normalized spacial score (nSPS) is 13.2. The molecular weight excluding hydrogens is 587 g/mol. The zero-order chi connectivity index (χ0) is 34.2. The predicted octanol–water partition coefficient (Wildman–Crippen LogP) is 10.9. The molecule has 5 rings (SSSR count). The molecule has 0 saturated heterocycles. The van der Waals surface area contributed by atoms with E-state index in [0.29, 0.717) is 30.2 Å². The number of hydrogen-bond acceptors (Lipinski definition) is 5. The fourth-order valence-corrected chi connectivity index (χ4v) is 6.60. The third-order valence-corrected chi connectivity index (χ3v) is 8.38. The number of pyridine rings is 2. The minimum absolute atomic E-state index is 0.562. The number of benzene rings is 2. The number of rotatable bonds is 14. The quantitative estimate of drug-likeness (QED) is 0.137. The molecule has 48 heavy (non-hydrogen) atoms. The fourth-order valence-electron chi connectivity index (χ4n) is 6.60. The fraction of sp³-hybridized carbons (Fsp3) is 0.395.